The second-order valence-corrected chi connectivity index (χ2v) is 6.30. The smallest absolute Gasteiger partial charge is 0.163 e. The lowest BCUT2D eigenvalue weighted by Crippen LogP contribution is -2.16. The van der Waals surface area contributed by atoms with E-state index in [-0.39, 0.29) is 0 Å². The van der Waals surface area contributed by atoms with E-state index >= 15 is 0 Å². The maximum atomic E-state index is 6.40. The van der Waals surface area contributed by atoms with Gasteiger partial charge in [0.15, 0.2) is 11.5 Å². The van der Waals surface area contributed by atoms with Crippen LogP contribution in [0.5, 0.6) is 11.5 Å². The van der Waals surface area contributed by atoms with Crippen LogP contribution >= 0.6 is 11.6 Å². The summed E-state index contributed by atoms with van der Waals surface area (Å²) in [4.78, 5) is 0. The lowest BCUT2D eigenvalue weighted by Gasteiger charge is -2.14. The van der Waals surface area contributed by atoms with Crippen LogP contribution < -0.4 is 14.8 Å². The molecule has 136 valence electrons. The predicted octanol–water partition coefficient (Wildman–Crippen LogP) is 4.36. The first-order chi connectivity index (χ1) is 12.1. The molecule has 0 saturated heterocycles. The quantitative estimate of drug-likeness (QED) is 0.636. The molecule has 4 nitrogen and oxygen atoms in total. The molecule has 2 aromatic rings. The summed E-state index contributed by atoms with van der Waals surface area (Å²) < 4.78 is 16.4. The maximum Gasteiger partial charge on any atom is 0.163 e. The Morgan fingerprint density at radius 1 is 1.04 bits per heavy atom. The Hall–Kier alpha value is -1.75. The van der Waals surface area contributed by atoms with Gasteiger partial charge in [0.05, 0.1) is 7.11 Å². The monoisotopic (exact) mass is 363 g/mol. The number of rotatable bonds is 10. The highest BCUT2D eigenvalue weighted by molar-refractivity contribution is 6.31. The van der Waals surface area contributed by atoms with Crippen molar-refractivity contribution in [2.24, 2.45) is 0 Å². The van der Waals surface area contributed by atoms with E-state index in [1.54, 1.807) is 14.2 Å². The van der Waals surface area contributed by atoms with E-state index in [4.69, 9.17) is 25.8 Å². The Balaban J connectivity index is 1.98. The molecule has 25 heavy (non-hydrogen) atoms. The van der Waals surface area contributed by atoms with Crippen molar-refractivity contribution in [2.45, 2.75) is 26.5 Å². The average molecular weight is 364 g/mol. The molecule has 0 unspecified atom stereocenters. The summed E-state index contributed by atoms with van der Waals surface area (Å²) in [5.74, 6) is 1.33. The number of benzene rings is 2. The van der Waals surface area contributed by atoms with Crippen molar-refractivity contribution in [3.63, 3.8) is 0 Å². The number of hydrogen-bond donors (Lipinski definition) is 1. The average Bonchev–Trinajstić information content (AvgIpc) is 2.62. The van der Waals surface area contributed by atoms with Gasteiger partial charge in [-0.1, -0.05) is 41.4 Å². The van der Waals surface area contributed by atoms with Gasteiger partial charge in [0, 0.05) is 31.4 Å². The highest BCUT2D eigenvalue weighted by Gasteiger charge is 2.11. The minimum absolute atomic E-state index is 0.474. The minimum atomic E-state index is 0.474. The van der Waals surface area contributed by atoms with Gasteiger partial charge in [-0.3, -0.25) is 0 Å². The third-order valence-electron chi connectivity index (χ3n) is 3.87. The van der Waals surface area contributed by atoms with Crippen molar-refractivity contribution < 1.29 is 14.2 Å². The minimum Gasteiger partial charge on any atom is -0.493 e. The van der Waals surface area contributed by atoms with E-state index in [1.165, 1.54) is 5.56 Å². The number of ether oxygens (including phenoxy) is 3. The molecule has 0 aliphatic rings. The first-order valence-electron chi connectivity index (χ1n) is 8.38. The van der Waals surface area contributed by atoms with Gasteiger partial charge in [-0.25, -0.2) is 0 Å². The summed E-state index contributed by atoms with van der Waals surface area (Å²) in [6.07, 6.45) is 0.961. The van der Waals surface area contributed by atoms with Gasteiger partial charge in [-0.2, -0.15) is 0 Å². The summed E-state index contributed by atoms with van der Waals surface area (Å²) in [5, 5.41) is 4.02. The molecule has 0 atom stereocenters. The van der Waals surface area contributed by atoms with Crippen molar-refractivity contribution in [1.82, 2.24) is 5.32 Å². The van der Waals surface area contributed by atoms with Crippen LogP contribution in [-0.4, -0.2) is 27.4 Å². The summed E-state index contributed by atoms with van der Waals surface area (Å²) in [6.45, 7) is 4.84. The molecule has 1 N–H and O–H groups in total. The van der Waals surface area contributed by atoms with Crippen molar-refractivity contribution in [3.8, 4) is 11.5 Å². The third-order valence-corrected chi connectivity index (χ3v) is 4.22. The fraction of sp³-hybridized carbons (Fsp3) is 0.400. The highest BCUT2D eigenvalue weighted by atomic mass is 35.5. The summed E-state index contributed by atoms with van der Waals surface area (Å²) in [5.41, 5.74) is 3.32. The van der Waals surface area contributed by atoms with E-state index in [2.05, 4.69) is 36.5 Å². The van der Waals surface area contributed by atoms with Crippen LogP contribution in [0, 0.1) is 6.92 Å². The molecule has 0 aliphatic carbocycles. The van der Waals surface area contributed by atoms with Crippen LogP contribution in [0.3, 0.4) is 0 Å². The van der Waals surface area contributed by atoms with E-state index in [9.17, 15) is 0 Å². The summed E-state index contributed by atoms with van der Waals surface area (Å²) in [6, 6.07) is 12.0. The van der Waals surface area contributed by atoms with Crippen LogP contribution in [0.25, 0.3) is 0 Å². The molecular weight excluding hydrogens is 338 g/mol. The third kappa shape index (κ3) is 6.24. The SMILES string of the molecule is COCCCNCc1cc(OC)c(OCc2ccc(C)cc2)cc1Cl. The van der Waals surface area contributed by atoms with Crippen molar-refractivity contribution in [3.05, 3.63) is 58.1 Å². The normalized spacial score (nSPS) is 10.7. The fourth-order valence-corrected chi connectivity index (χ4v) is 2.62. The van der Waals surface area contributed by atoms with E-state index < -0.39 is 0 Å². The Kier molecular flexibility index (Phi) is 8.06. The molecule has 0 radical (unpaired) electrons. The topological polar surface area (TPSA) is 39.7 Å². The van der Waals surface area contributed by atoms with Crippen molar-refractivity contribution >= 4 is 11.6 Å². The Morgan fingerprint density at radius 2 is 1.80 bits per heavy atom. The van der Waals surface area contributed by atoms with E-state index in [0.717, 1.165) is 30.7 Å². The maximum absolute atomic E-state index is 6.40. The molecule has 0 heterocycles. The van der Waals surface area contributed by atoms with Gasteiger partial charge in [-0.15, -0.1) is 0 Å². The van der Waals surface area contributed by atoms with Gasteiger partial charge < -0.3 is 19.5 Å². The molecule has 0 saturated carbocycles. The van der Waals surface area contributed by atoms with Crippen LogP contribution in [-0.2, 0) is 17.9 Å². The standard InChI is InChI=1S/C20H26ClNO3/c1-15-5-7-16(8-6-15)14-25-20-12-18(21)17(11-19(20)24-3)13-22-9-4-10-23-2/h5-8,11-12,22H,4,9-10,13-14H2,1-3H3. The molecule has 0 amide bonds. The van der Waals surface area contributed by atoms with Gasteiger partial charge in [0.25, 0.3) is 0 Å². The largest absolute Gasteiger partial charge is 0.493 e. The van der Waals surface area contributed by atoms with E-state index in [0.29, 0.717) is 29.7 Å². The second kappa shape index (κ2) is 10.3. The molecule has 0 fully saturated rings. The van der Waals surface area contributed by atoms with Crippen LogP contribution in [0.2, 0.25) is 5.02 Å². The Labute approximate surface area is 155 Å². The number of methoxy groups -OCH3 is 2. The molecule has 0 aromatic heterocycles. The summed E-state index contributed by atoms with van der Waals surface area (Å²) in [7, 11) is 3.34. The zero-order valence-corrected chi connectivity index (χ0v) is 15.9. The first-order valence-corrected chi connectivity index (χ1v) is 8.76. The molecule has 5 heteroatoms. The molecule has 2 rings (SSSR count). The predicted molar refractivity (Wildman–Crippen MR) is 102 cm³/mol. The second-order valence-electron chi connectivity index (χ2n) is 5.89. The molecule has 0 spiro atoms. The van der Waals surface area contributed by atoms with Crippen LogP contribution in [0.4, 0.5) is 0 Å². The summed E-state index contributed by atoms with van der Waals surface area (Å²) >= 11 is 6.40. The van der Waals surface area contributed by atoms with Crippen molar-refractivity contribution in [2.75, 3.05) is 27.4 Å². The highest BCUT2D eigenvalue weighted by Crippen LogP contribution is 2.34. The zero-order chi connectivity index (χ0) is 18.1. The molecule has 2 aromatic carbocycles. The van der Waals surface area contributed by atoms with Gasteiger partial charge >= 0.3 is 0 Å². The number of nitrogens with one attached hydrogen (secondary N) is 1. The van der Waals surface area contributed by atoms with Crippen LogP contribution in [0.1, 0.15) is 23.1 Å². The number of hydrogen-bond acceptors (Lipinski definition) is 4. The Bertz CT molecular complexity index is 659. The van der Waals surface area contributed by atoms with E-state index in [1.807, 2.05) is 12.1 Å². The van der Waals surface area contributed by atoms with Gasteiger partial charge in [0.2, 0.25) is 0 Å². The first kappa shape index (κ1) is 19.6. The zero-order valence-electron chi connectivity index (χ0n) is 15.1. The van der Waals surface area contributed by atoms with Gasteiger partial charge in [0.1, 0.15) is 6.61 Å². The van der Waals surface area contributed by atoms with Crippen LogP contribution in [0.15, 0.2) is 36.4 Å². The van der Waals surface area contributed by atoms with Gasteiger partial charge in [-0.05, 0) is 37.1 Å². The number of halogens is 1. The molecule has 0 aliphatic heterocycles. The van der Waals surface area contributed by atoms with Crippen molar-refractivity contribution in [1.29, 1.82) is 0 Å². The molecular formula is C20H26ClNO3. The lowest BCUT2D eigenvalue weighted by molar-refractivity contribution is 0.194. The fourth-order valence-electron chi connectivity index (χ4n) is 2.39. The lowest BCUT2D eigenvalue weighted by atomic mass is 10.1. The Morgan fingerprint density at radius 3 is 2.48 bits per heavy atom. The molecule has 0 bridgehead atoms. The number of aryl methyl sites for hydroxylation is 1.